The minimum atomic E-state index is 0.00283. The van der Waals surface area contributed by atoms with E-state index in [0.29, 0.717) is 12.4 Å². The van der Waals surface area contributed by atoms with Crippen LogP contribution in [0, 0.1) is 13.8 Å². The van der Waals surface area contributed by atoms with Gasteiger partial charge >= 0.3 is 0 Å². The summed E-state index contributed by atoms with van der Waals surface area (Å²) in [5, 5.41) is 0. The van der Waals surface area contributed by atoms with Crippen molar-refractivity contribution in [3.63, 3.8) is 0 Å². The topological polar surface area (TPSA) is 61.4 Å². The van der Waals surface area contributed by atoms with E-state index < -0.39 is 0 Å². The molecule has 5 heteroatoms. The van der Waals surface area contributed by atoms with Crippen LogP contribution in [0.4, 0.5) is 0 Å². The molecule has 0 aliphatic carbocycles. The predicted molar refractivity (Wildman–Crippen MR) is 104 cm³/mol. The summed E-state index contributed by atoms with van der Waals surface area (Å²) in [6.45, 7) is 7.60. The zero-order valence-electron chi connectivity index (χ0n) is 15.6. The highest BCUT2D eigenvalue weighted by Crippen LogP contribution is 2.19. The van der Waals surface area contributed by atoms with Gasteiger partial charge in [-0.1, -0.05) is 18.2 Å². The Morgan fingerprint density at radius 1 is 1.15 bits per heavy atom. The Kier molecular flexibility index (Phi) is 4.72. The van der Waals surface area contributed by atoms with Gasteiger partial charge in [-0.2, -0.15) is 0 Å². The van der Waals surface area contributed by atoms with Crippen molar-refractivity contribution in [2.75, 3.05) is 13.1 Å². The second-order valence-electron chi connectivity index (χ2n) is 7.50. The first-order valence-electron chi connectivity index (χ1n) is 9.54. The van der Waals surface area contributed by atoms with Gasteiger partial charge in [0.05, 0.1) is 17.0 Å². The van der Waals surface area contributed by atoms with Crippen molar-refractivity contribution in [3.8, 4) is 0 Å². The van der Waals surface area contributed by atoms with Gasteiger partial charge in [-0.15, -0.1) is 0 Å². The zero-order valence-corrected chi connectivity index (χ0v) is 15.6. The predicted octanol–water partition coefficient (Wildman–Crippen LogP) is 2.92. The van der Waals surface area contributed by atoms with Crippen molar-refractivity contribution in [1.82, 2.24) is 14.9 Å². The van der Waals surface area contributed by atoms with Gasteiger partial charge in [0.25, 0.3) is 5.56 Å². The maximum Gasteiger partial charge on any atom is 0.255 e. The fourth-order valence-corrected chi connectivity index (χ4v) is 3.80. The Morgan fingerprint density at radius 3 is 2.81 bits per heavy atom. The third-order valence-corrected chi connectivity index (χ3v) is 5.52. The first-order valence-corrected chi connectivity index (χ1v) is 9.54. The molecule has 2 aromatic rings. The number of hydrogen-bond donors (Lipinski definition) is 1. The van der Waals surface area contributed by atoms with Crippen molar-refractivity contribution in [2.24, 2.45) is 4.99 Å². The number of aromatic nitrogens is 2. The number of H-pyrrole nitrogens is 1. The van der Waals surface area contributed by atoms with Crippen LogP contribution < -0.4 is 5.56 Å². The van der Waals surface area contributed by atoms with E-state index in [1.54, 1.807) is 0 Å². The molecule has 0 radical (unpaired) electrons. The minimum Gasteiger partial charge on any atom is -0.305 e. The first kappa shape index (κ1) is 17.2. The molecule has 1 N–H and O–H groups in total. The molecular formula is C21H26N4O. The lowest BCUT2D eigenvalue weighted by Crippen LogP contribution is -2.36. The number of hydrogen-bond acceptors (Lipinski definition) is 4. The highest BCUT2D eigenvalue weighted by Gasteiger charge is 2.22. The summed E-state index contributed by atoms with van der Waals surface area (Å²) in [6.07, 6.45) is 4.00. The second kappa shape index (κ2) is 7.16. The molecule has 0 amide bonds. The molecule has 26 heavy (non-hydrogen) atoms. The Labute approximate surface area is 154 Å². The molecule has 0 bridgehead atoms. The van der Waals surface area contributed by atoms with E-state index in [-0.39, 0.29) is 5.56 Å². The monoisotopic (exact) mass is 350 g/mol. The van der Waals surface area contributed by atoms with Crippen molar-refractivity contribution < 1.29 is 0 Å². The van der Waals surface area contributed by atoms with Crippen molar-refractivity contribution in [2.45, 2.75) is 52.6 Å². The normalized spacial score (nSPS) is 17.7. The Morgan fingerprint density at radius 2 is 2.04 bits per heavy atom. The van der Waals surface area contributed by atoms with Gasteiger partial charge in [-0.25, -0.2) is 4.98 Å². The van der Waals surface area contributed by atoms with Crippen LogP contribution in [0.2, 0.25) is 0 Å². The molecule has 0 saturated carbocycles. The molecule has 0 atom stereocenters. The van der Waals surface area contributed by atoms with E-state index in [0.717, 1.165) is 62.3 Å². The molecule has 3 heterocycles. The van der Waals surface area contributed by atoms with E-state index >= 15 is 0 Å². The number of aryl methyl sites for hydroxylation is 2. The van der Waals surface area contributed by atoms with Crippen LogP contribution in [0.5, 0.6) is 0 Å². The number of nitrogens with zero attached hydrogens (tertiary/aromatic N) is 3. The van der Waals surface area contributed by atoms with Gasteiger partial charge in [-0.3, -0.25) is 14.7 Å². The van der Waals surface area contributed by atoms with Crippen LogP contribution in [0.1, 0.15) is 53.0 Å². The molecule has 5 nitrogen and oxygen atoms in total. The van der Waals surface area contributed by atoms with Gasteiger partial charge in [0.2, 0.25) is 0 Å². The minimum absolute atomic E-state index is 0.00283. The van der Waals surface area contributed by atoms with Crippen molar-refractivity contribution in [1.29, 1.82) is 0 Å². The summed E-state index contributed by atoms with van der Waals surface area (Å²) in [5.41, 5.74) is 6.67. The van der Waals surface area contributed by atoms with Crippen LogP contribution in [0.3, 0.4) is 0 Å². The highest BCUT2D eigenvalue weighted by molar-refractivity contribution is 5.97. The van der Waals surface area contributed by atoms with Crippen LogP contribution in [-0.2, 0) is 19.5 Å². The number of aromatic amines is 1. The summed E-state index contributed by atoms with van der Waals surface area (Å²) in [4.78, 5) is 27.3. The fourth-order valence-electron chi connectivity index (χ4n) is 3.80. The maximum atomic E-state index is 12.6. The average molecular weight is 350 g/mol. The van der Waals surface area contributed by atoms with Crippen LogP contribution in [0.15, 0.2) is 28.0 Å². The molecule has 1 aromatic heterocycles. The Bertz CT molecular complexity index is 913. The summed E-state index contributed by atoms with van der Waals surface area (Å²) in [5.74, 6) is 0.691. The Hall–Kier alpha value is -2.27. The van der Waals surface area contributed by atoms with E-state index in [1.807, 2.05) is 0 Å². The lowest BCUT2D eigenvalue weighted by molar-refractivity contribution is 0.241. The molecule has 1 aromatic carbocycles. The fraction of sp³-hybridized carbons (Fsp3) is 0.476. The van der Waals surface area contributed by atoms with Crippen LogP contribution in [0.25, 0.3) is 0 Å². The molecule has 2 aliphatic rings. The summed E-state index contributed by atoms with van der Waals surface area (Å²) in [7, 11) is 0. The number of nitrogens with one attached hydrogen (secondary N) is 1. The summed E-state index contributed by atoms with van der Waals surface area (Å²) in [6, 6.07) is 6.61. The zero-order chi connectivity index (χ0) is 18.1. The second-order valence-corrected chi connectivity index (χ2v) is 7.50. The number of fused-ring (bicyclic) bond motifs is 1. The molecule has 4 rings (SSSR count). The Balaban J connectivity index is 1.54. The van der Waals surface area contributed by atoms with E-state index in [2.05, 4.69) is 46.9 Å². The highest BCUT2D eigenvalue weighted by atomic mass is 16.1. The smallest absolute Gasteiger partial charge is 0.255 e. The first-order chi connectivity index (χ1) is 12.6. The number of benzene rings is 1. The van der Waals surface area contributed by atoms with Gasteiger partial charge in [0, 0.05) is 32.6 Å². The molecule has 2 aliphatic heterocycles. The van der Waals surface area contributed by atoms with Gasteiger partial charge in [0.1, 0.15) is 0 Å². The quantitative estimate of drug-likeness (QED) is 0.926. The molecule has 0 saturated heterocycles. The third kappa shape index (κ3) is 3.49. The van der Waals surface area contributed by atoms with E-state index in [1.165, 1.54) is 16.7 Å². The van der Waals surface area contributed by atoms with Crippen molar-refractivity contribution in [3.05, 3.63) is 62.3 Å². The molecule has 136 valence electrons. The largest absolute Gasteiger partial charge is 0.305 e. The van der Waals surface area contributed by atoms with Crippen molar-refractivity contribution >= 4 is 5.71 Å². The summed E-state index contributed by atoms with van der Waals surface area (Å²) < 4.78 is 0. The van der Waals surface area contributed by atoms with Gasteiger partial charge < -0.3 is 4.98 Å². The summed E-state index contributed by atoms with van der Waals surface area (Å²) >= 11 is 0. The third-order valence-electron chi connectivity index (χ3n) is 5.52. The van der Waals surface area contributed by atoms with E-state index in [9.17, 15) is 4.79 Å². The lowest BCUT2D eigenvalue weighted by Gasteiger charge is -2.28. The standard InChI is InChI=1S/C21H26N4O/c1-14-6-7-16(11-15(14)2)12-25-10-8-18-17(13-25)21(26)24-20(23-18)19-5-3-4-9-22-19/h6-7,11H,3-5,8-10,12-13H2,1-2H3,(H,23,24,26). The van der Waals surface area contributed by atoms with E-state index in [4.69, 9.17) is 4.98 Å². The molecule has 0 unspecified atom stereocenters. The molecule has 0 spiro atoms. The average Bonchev–Trinajstić information content (AvgIpc) is 2.66. The number of aliphatic imine (C=N–C) groups is 1. The van der Waals surface area contributed by atoms with Crippen LogP contribution >= 0.6 is 0 Å². The SMILES string of the molecule is Cc1ccc(CN2CCc3nc(C4=NCCCC4)[nH]c(=O)c3C2)cc1C. The van der Waals surface area contributed by atoms with Crippen LogP contribution in [-0.4, -0.2) is 33.7 Å². The number of rotatable bonds is 3. The molecule has 0 fully saturated rings. The van der Waals surface area contributed by atoms with Gasteiger partial charge in [-0.05, 0) is 49.8 Å². The van der Waals surface area contributed by atoms with Gasteiger partial charge in [0.15, 0.2) is 5.82 Å². The molecular weight excluding hydrogens is 324 g/mol. The lowest BCUT2D eigenvalue weighted by atomic mass is 10.0. The maximum absolute atomic E-state index is 12.6.